The van der Waals surface area contributed by atoms with E-state index < -0.39 is 53.3 Å². The highest BCUT2D eigenvalue weighted by Crippen LogP contribution is 2.53. The fraction of sp³-hybridized carbons (Fsp3) is 0.606. The Kier molecular flexibility index (Phi) is 9.28. The fourth-order valence-corrected chi connectivity index (χ4v) is 6.74. The summed E-state index contributed by atoms with van der Waals surface area (Å²) in [6, 6.07) is 7.11. The highest BCUT2D eigenvalue weighted by atomic mass is 19.4. The molecule has 5 rings (SSSR count). The number of amides is 1. The van der Waals surface area contributed by atoms with Crippen LogP contribution in [-0.4, -0.2) is 60.3 Å². The smallest absolute Gasteiger partial charge is 0.417 e. The summed E-state index contributed by atoms with van der Waals surface area (Å²) in [7, 11) is 1.33. The van der Waals surface area contributed by atoms with E-state index in [4.69, 9.17) is 18.9 Å². The molecule has 44 heavy (non-hydrogen) atoms. The second-order valence-electron chi connectivity index (χ2n) is 12.8. The van der Waals surface area contributed by atoms with Crippen LogP contribution in [0.4, 0.5) is 13.2 Å². The minimum absolute atomic E-state index is 0.00691. The van der Waals surface area contributed by atoms with E-state index in [9.17, 15) is 22.8 Å². The number of alkyl halides is 3. The molecule has 8 nitrogen and oxygen atoms in total. The molecular weight excluding hydrogens is 577 g/mol. The lowest BCUT2D eigenvalue weighted by Crippen LogP contribution is -2.50. The first-order valence-corrected chi connectivity index (χ1v) is 15.3. The van der Waals surface area contributed by atoms with Gasteiger partial charge in [-0.05, 0) is 61.1 Å². The number of rotatable bonds is 9. The van der Waals surface area contributed by atoms with Gasteiger partial charge in [-0.3, -0.25) is 4.79 Å². The molecule has 0 unspecified atom stereocenters. The van der Waals surface area contributed by atoms with Gasteiger partial charge >= 0.3 is 12.1 Å². The number of aromatic nitrogens is 1. The van der Waals surface area contributed by atoms with Crippen molar-refractivity contribution >= 4 is 11.9 Å². The Balaban J connectivity index is 1.66. The number of carbonyl (C=O) groups excluding carboxylic acids is 2. The minimum Gasteiger partial charge on any atom is -0.481 e. The molecule has 3 fully saturated rings. The molecule has 3 heterocycles. The number of benzene rings is 1. The van der Waals surface area contributed by atoms with Crippen molar-refractivity contribution in [3.8, 4) is 5.88 Å². The number of ether oxygens (including phenoxy) is 4. The van der Waals surface area contributed by atoms with Crippen LogP contribution in [0.3, 0.4) is 0 Å². The molecule has 2 aliphatic heterocycles. The molecule has 240 valence electrons. The summed E-state index contributed by atoms with van der Waals surface area (Å²) in [5.74, 6) is -1.11. The largest absolute Gasteiger partial charge is 0.481 e. The summed E-state index contributed by atoms with van der Waals surface area (Å²) in [4.78, 5) is 33.7. The molecule has 1 aromatic heterocycles. The van der Waals surface area contributed by atoms with Crippen LogP contribution in [0.1, 0.15) is 87.6 Å². The molecule has 1 aliphatic carbocycles. The zero-order valence-corrected chi connectivity index (χ0v) is 25.9. The second-order valence-corrected chi connectivity index (χ2v) is 12.8. The van der Waals surface area contributed by atoms with E-state index in [2.05, 4.69) is 4.98 Å². The SMILES string of the molecule is CCOC(=O)[C@@H]1[C@@H](C(C)(C)C)[C@H](OCc2cc(C(F)(F)F)cnc2OC)[C@H](c2ccccc2C2CC2)N1C(=O)[C@@H]1CCCO1. The number of methoxy groups -OCH3 is 1. The number of hydrogen-bond acceptors (Lipinski definition) is 7. The maximum absolute atomic E-state index is 14.4. The van der Waals surface area contributed by atoms with E-state index in [1.54, 1.807) is 11.8 Å². The molecule has 5 atom stereocenters. The van der Waals surface area contributed by atoms with Crippen LogP contribution >= 0.6 is 0 Å². The van der Waals surface area contributed by atoms with E-state index in [1.807, 2.05) is 45.0 Å². The Morgan fingerprint density at radius 1 is 1.09 bits per heavy atom. The Labute approximate surface area is 256 Å². The molecule has 3 aliphatic rings. The van der Waals surface area contributed by atoms with Crippen LogP contribution < -0.4 is 4.74 Å². The van der Waals surface area contributed by atoms with Crippen molar-refractivity contribution in [3.63, 3.8) is 0 Å². The summed E-state index contributed by atoms with van der Waals surface area (Å²) in [6.07, 6.45) is -2.12. The lowest BCUT2D eigenvalue weighted by Gasteiger charge is -2.35. The highest BCUT2D eigenvalue weighted by Gasteiger charge is 2.60. The van der Waals surface area contributed by atoms with Crippen molar-refractivity contribution in [1.29, 1.82) is 0 Å². The molecule has 1 amide bonds. The van der Waals surface area contributed by atoms with Crippen molar-refractivity contribution in [3.05, 3.63) is 58.8 Å². The van der Waals surface area contributed by atoms with Crippen LogP contribution in [0.15, 0.2) is 36.5 Å². The van der Waals surface area contributed by atoms with E-state index in [-0.39, 0.29) is 30.6 Å². The number of carbonyl (C=O) groups is 2. The minimum atomic E-state index is -4.61. The molecule has 2 aromatic rings. The molecule has 0 N–H and O–H groups in total. The van der Waals surface area contributed by atoms with Crippen molar-refractivity contribution < 1.29 is 41.7 Å². The van der Waals surface area contributed by atoms with Crippen molar-refractivity contribution in [2.45, 2.75) is 96.4 Å². The Hall–Kier alpha value is -3.18. The molecule has 0 radical (unpaired) electrons. The van der Waals surface area contributed by atoms with Gasteiger partial charge in [0.05, 0.1) is 38.0 Å². The zero-order valence-electron chi connectivity index (χ0n) is 25.9. The highest BCUT2D eigenvalue weighted by molar-refractivity contribution is 5.89. The zero-order chi connectivity index (χ0) is 31.8. The van der Waals surface area contributed by atoms with Crippen LogP contribution in [0, 0.1) is 11.3 Å². The summed E-state index contributed by atoms with van der Waals surface area (Å²) in [5, 5.41) is 0. The van der Waals surface area contributed by atoms with Gasteiger partial charge in [0.15, 0.2) is 0 Å². The topological polar surface area (TPSA) is 87.2 Å². The third kappa shape index (κ3) is 6.44. The monoisotopic (exact) mass is 618 g/mol. The third-order valence-electron chi connectivity index (χ3n) is 8.80. The Morgan fingerprint density at radius 2 is 1.80 bits per heavy atom. The van der Waals surface area contributed by atoms with Gasteiger partial charge in [0.2, 0.25) is 5.88 Å². The average molecular weight is 619 g/mol. The summed E-state index contributed by atoms with van der Waals surface area (Å²) in [6.45, 7) is 7.91. The quantitative estimate of drug-likeness (QED) is 0.308. The maximum Gasteiger partial charge on any atom is 0.417 e. The van der Waals surface area contributed by atoms with E-state index in [0.717, 1.165) is 42.7 Å². The molecule has 1 aromatic carbocycles. The number of esters is 1. The summed E-state index contributed by atoms with van der Waals surface area (Å²) >= 11 is 0. The lowest BCUT2D eigenvalue weighted by molar-refractivity contribution is -0.160. The number of hydrogen-bond donors (Lipinski definition) is 0. The molecular formula is C33H41F3N2O6. The normalized spacial score (nSPS) is 25.7. The molecule has 1 saturated carbocycles. The fourth-order valence-electron chi connectivity index (χ4n) is 6.74. The van der Waals surface area contributed by atoms with Crippen molar-refractivity contribution in [1.82, 2.24) is 9.88 Å². The van der Waals surface area contributed by atoms with E-state index >= 15 is 0 Å². The van der Waals surface area contributed by atoms with Gasteiger partial charge in [-0.1, -0.05) is 45.0 Å². The number of nitrogens with zero attached hydrogens (tertiary/aromatic N) is 2. The number of halogens is 3. The summed E-state index contributed by atoms with van der Waals surface area (Å²) in [5.41, 5.74) is 0.538. The van der Waals surface area contributed by atoms with Crippen molar-refractivity contribution in [2.24, 2.45) is 11.3 Å². The predicted octanol–water partition coefficient (Wildman–Crippen LogP) is 6.23. The van der Waals surface area contributed by atoms with Gasteiger partial charge in [-0.2, -0.15) is 13.2 Å². The Bertz CT molecular complexity index is 1350. The van der Waals surface area contributed by atoms with Crippen LogP contribution in [-0.2, 0) is 36.6 Å². The molecule has 0 spiro atoms. The van der Waals surface area contributed by atoms with Gasteiger partial charge in [0.25, 0.3) is 5.91 Å². The molecule has 0 bridgehead atoms. The first-order valence-electron chi connectivity index (χ1n) is 15.3. The van der Waals surface area contributed by atoms with Crippen LogP contribution in [0.2, 0.25) is 0 Å². The standard InChI is InChI=1S/C33H41F3N2O6/c1-6-42-31(40)27-25(32(2,3)4)28(44-18-20-16-21(33(34,35)36)17-37-29(20)41-5)26(38(27)30(39)24-12-9-15-43-24)23-11-8-7-10-22(23)19-13-14-19/h7-8,10-11,16-17,19,24-28H,6,9,12-15,18H2,1-5H3/t24-,25+,26-,27-,28-/m0/s1. The van der Waals surface area contributed by atoms with Crippen LogP contribution in [0.5, 0.6) is 5.88 Å². The molecule has 11 heteroatoms. The van der Waals surface area contributed by atoms with E-state index in [1.165, 1.54) is 7.11 Å². The second kappa shape index (κ2) is 12.7. The van der Waals surface area contributed by atoms with E-state index in [0.29, 0.717) is 18.9 Å². The lowest BCUT2D eigenvalue weighted by atomic mass is 9.73. The van der Waals surface area contributed by atoms with Crippen molar-refractivity contribution in [2.75, 3.05) is 20.3 Å². The number of pyridine rings is 1. The number of likely N-dealkylation sites (tertiary alicyclic amines) is 1. The first-order chi connectivity index (χ1) is 20.9. The van der Waals surface area contributed by atoms with Gasteiger partial charge in [0, 0.05) is 24.3 Å². The van der Waals surface area contributed by atoms with Gasteiger partial charge in [-0.15, -0.1) is 0 Å². The summed E-state index contributed by atoms with van der Waals surface area (Å²) < 4.78 is 64.3. The van der Waals surface area contributed by atoms with Gasteiger partial charge < -0.3 is 23.8 Å². The van der Waals surface area contributed by atoms with Gasteiger partial charge in [-0.25, -0.2) is 9.78 Å². The third-order valence-corrected chi connectivity index (χ3v) is 8.80. The van der Waals surface area contributed by atoms with Crippen LogP contribution in [0.25, 0.3) is 0 Å². The van der Waals surface area contributed by atoms with Gasteiger partial charge in [0.1, 0.15) is 12.1 Å². The predicted molar refractivity (Wildman–Crippen MR) is 155 cm³/mol. The average Bonchev–Trinajstić information content (AvgIpc) is 3.54. The first kappa shape index (κ1) is 32.2. The molecule has 2 saturated heterocycles. The Morgan fingerprint density at radius 3 is 2.36 bits per heavy atom. The maximum atomic E-state index is 14.4.